The molecule has 1 N–H and O–H groups in total. The minimum atomic E-state index is -0.271. The average molecular weight is 450 g/mol. The molecule has 3 nitrogen and oxygen atoms in total. The Morgan fingerprint density at radius 3 is 2.64 bits per heavy atom. The van der Waals surface area contributed by atoms with Crippen LogP contribution in [-0.4, -0.2) is 29.2 Å². The summed E-state index contributed by atoms with van der Waals surface area (Å²) in [6, 6.07) is 17.3. The summed E-state index contributed by atoms with van der Waals surface area (Å²) in [5, 5.41) is 10.5. The predicted molar refractivity (Wildman–Crippen MR) is 139 cm³/mol. The van der Waals surface area contributed by atoms with E-state index in [0.717, 1.165) is 31.7 Å². The number of likely N-dealkylation sites (tertiary alicyclic amines) is 1. The lowest BCUT2D eigenvalue weighted by atomic mass is 9.79. The van der Waals surface area contributed by atoms with Gasteiger partial charge in [-0.05, 0) is 41.9 Å². The fourth-order valence-corrected chi connectivity index (χ4v) is 4.93. The van der Waals surface area contributed by atoms with E-state index in [1.807, 2.05) is 12.1 Å². The van der Waals surface area contributed by atoms with Crippen molar-refractivity contribution in [3.05, 3.63) is 77.9 Å². The van der Waals surface area contributed by atoms with Gasteiger partial charge in [0.05, 0.1) is 6.10 Å². The van der Waals surface area contributed by atoms with Gasteiger partial charge in [0, 0.05) is 24.7 Å². The second kappa shape index (κ2) is 12.4. The average Bonchev–Trinajstić information content (AvgIpc) is 2.82. The Balaban J connectivity index is 1.89. The van der Waals surface area contributed by atoms with Crippen molar-refractivity contribution in [3.63, 3.8) is 0 Å². The molecule has 1 heterocycles. The third kappa shape index (κ3) is 7.19. The van der Waals surface area contributed by atoms with Crippen molar-refractivity contribution in [3.8, 4) is 5.75 Å². The maximum atomic E-state index is 10.5. The molecule has 0 amide bonds. The van der Waals surface area contributed by atoms with Gasteiger partial charge in [-0.2, -0.15) is 0 Å². The first kappa shape index (κ1) is 25.5. The minimum absolute atomic E-state index is 0.101. The third-order valence-corrected chi connectivity index (χ3v) is 7.10. The molecule has 1 saturated heterocycles. The lowest BCUT2D eigenvalue weighted by Crippen LogP contribution is -2.39. The molecule has 0 aromatic heterocycles. The largest absolute Gasteiger partial charge is 0.489 e. The molecule has 2 aromatic rings. The summed E-state index contributed by atoms with van der Waals surface area (Å²) < 4.78 is 6.48. The molecule has 0 spiro atoms. The first-order valence-corrected chi connectivity index (χ1v) is 12.8. The molecule has 0 unspecified atom stereocenters. The highest BCUT2D eigenvalue weighted by atomic mass is 16.5. The van der Waals surface area contributed by atoms with Gasteiger partial charge in [-0.25, -0.2) is 0 Å². The summed E-state index contributed by atoms with van der Waals surface area (Å²) in [6.45, 7) is 13.2. The number of unbranched alkanes of at least 4 members (excludes halogenated alkanes) is 3. The van der Waals surface area contributed by atoms with Crippen LogP contribution in [0.4, 0.5) is 0 Å². The monoisotopic (exact) mass is 449 g/mol. The molecule has 2 aromatic carbocycles. The second-order valence-electron chi connectivity index (χ2n) is 10.2. The minimum Gasteiger partial charge on any atom is -0.489 e. The van der Waals surface area contributed by atoms with Crippen molar-refractivity contribution < 1.29 is 9.84 Å². The zero-order valence-electron chi connectivity index (χ0n) is 20.9. The van der Waals surface area contributed by atoms with E-state index >= 15 is 0 Å². The van der Waals surface area contributed by atoms with E-state index in [1.165, 1.54) is 48.8 Å². The lowest BCUT2D eigenvalue weighted by Gasteiger charge is -2.38. The highest BCUT2D eigenvalue weighted by molar-refractivity contribution is 5.43. The Morgan fingerprint density at radius 2 is 1.91 bits per heavy atom. The van der Waals surface area contributed by atoms with E-state index in [4.69, 9.17) is 4.74 Å². The molecule has 2 atom stereocenters. The first-order valence-electron chi connectivity index (χ1n) is 12.8. The number of benzene rings is 2. The number of piperidine rings is 1. The highest BCUT2D eigenvalue weighted by Gasteiger charge is 2.31. The van der Waals surface area contributed by atoms with Crippen LogP contribution < -0.4 is 4.74 Å². The van der Waals surface area contributed by atoms with Gasteiger partial charge in [-0.3, -0.25) is 4.90 Å². The molecule has 1 aliphatic heterocycles. The molecule has 1 aliphatic rings. The van der Waals surface area contributed by atoms with Crippen LogP contribution in [0.3, 0.4) is 0 Å². The molecule has 0 radical (unpaired) electrons. The van der Waals surface area contributed by atoms with Gasteiger partial charge in [0.25, 0.3) is 0 Å². The van der Waals surface area contributed by atoms with Crippen molar-refractivity contribution in [2.75, 3.05) is 13.1 Å². The van der Waals surface area contributed by atoms with E-state index in [9.17, 15) is 5.11 Å². The molecule has 0 bridgehead atoms. The summed E-state index contributed by atoms with van der Waals surface area (Å²) in [5.74, 6) is 0.950. The SMILES string of the molecule is C=CCN1CC[C@@H](O)C[C@H]1c1ccc(C(C)(C)CCCCCC)cc1OCc1ccccc1. The van der Waals surface area contributed by atoms with Gasteiger partial charge in [0.1, 0.15) is 12.4 Å². The van der Waals surface area contributed by atoms with Crippen LogP contribution >= 0.6 is 0 Å². The third-order valence-electron chi connectivity index (χ3n) is 7.10. The molecule has 33 heavy (non-hydrogen) atoms. The number of ether oxygens (including phenoxy) is 1. The molecular weight excluding hydrogens is 406 g/mol. The number of rotatable bonds is 12. The molecule has 3 heteroatoms. The Kier molecular flexibility index (Phi) is 9.58. The van der Waals surface area contributed by atoms with Gasteiger partial charge in [-0.15, -0.1) is 6.58 Å². The number of aliphatic hydroxyl groups is 1. The van der Waals surface area contributed by atoms with Crippen molar-refractivity contribution >= 4 is 0 Å². The maximum Gasteiger partial charge on any atom is 0.124 e. The number of nitrogens with zero attached hydrogens (tertiary/aromatic N) is 1. The summed E-state index contributed by atoms with van der Waals surface area (Å²) >= 11 is 0. The Bertz CT molecular complexity index is 861. The molecule has 0 saturated carbocycles. The fraction of sp³-hybridized carbons (Fsp3) is 0.533. The van der Waals surface area contributed by atoms with Gasteiger partial charge in [0.15, 0.2) is 0 Å². The summed E-state index contributed by atoms with van der Waals surface area (Å²) in [7, 11) is 0. The summed E-state index contributed by atoms with van der Waals surface area (Å²) in [6.07, 6.45) is 9.54. The van der Waals surface area contributed by atoms with Crippen LogP contribution in [0.1, 0.15) is 88.4 Å². The smallest absolute Gasteiger partial charge is 0.124 e. The molecule has 180 valence electrons. The van der Waals surface area contributed by atoms with Gasteiger partial charge < -0.3 is 9.84 Å². The van der Waals surface area contributed by atoms with Crippen LogP contribution in [0.2, 0.25) is 0 Å². The second-order valence-corrected chi connectivity index (χ2v) is 10.2. The Labute approximate surface area is 201 Å². The van der Waals surface area contributed by atoms with Crippen LogP contribution in [0.5, 0.6) is 5.75 Å². The van der Waals surface area contributed by atoms with Crippen LogP contribution in [0.15, 0.2) is 61.2 Å². The lowest BCUT2D eigenvalue weighted by molar-refractivity contribution is 0.0460. The van der Waals surface area contributed by atoms with Crippen LogP contribution in [0, 0.1) is 0 Å². The predicted octanol–water partition coefficient (Wildman–Crippen LogP) is 7.20. The van der Waals surface area contributed by atoms with Crippen molar-refractivity contribution in [2.24, 2.45) is 0 Å². The fourth-order valence-electron chi connectivity index (χ4n) is 4.93. The van der Waals surface area contributed by atoms with E-state index in [2.05, 4.69) is 74.7 Å². The normalized spacial score (nSPS) is 19.4. The van der Waals surface area contributed by atoms with Gasteiger partial charge in [-0.1, -0.05) is 95.0 Å². The van der Waals surface area contributed by atoms with Crippen molar-refractivity contribution in [1.82, 2.24) is 4.90 Å². The Hall–Kier alpha value is -2.10. The van der Waals surface area contributed by atoms with E-state index in [0.29, 0.717) is 6.61 Å². The van der Waals surface area contributed by atoms with E-state index in [1.54, 1.807) is 0 Å². The van der Waals surface area contributed by atoms with Crippen molar-refractivity contribution in [1.29, 1.82) is 0 Å². The van der Waals surface area contributed by atoms with Crippen LogP contribution in [-0.2, 0) is 12.0 Å². The number of hydrogen-bond acceptors (Lipinski definition) is 3. The summed E-state index contributed by atoms with van der Waals surface area (Å²) in [4.78, 5) is 2.42. The van der Waals surface area contributed by atoms with E-state index < -0.39 is 0 Å². The number of aliphatic hydroxyl groups excluding tert-OH is 1. The number of hydrogen-bond donors (Lipinski definition) is 1. The van der Waals surface area contributed by atoms with Gasteiger partial charge >= 0.3 is 0 Å². The highest BCUT2D eigenvalue weighted by Crippen LogP contribution is 2.40. The van der Waals surface area contributed by atoms with E-state index in [-0.39, 0.29) is 17.6 Å². The standard InChI is InChI=1S/C30H43NO2/c1-5-7-8-12-18-30(3,4)25-15-16-27(28-22-26(32)17-20-31(28)19-6-2)29(21-25)33-23-24-13-10-9-11-14-24/h6,9-11,13-16,21,26,28,32H,2,5,7-8,12,17-20,22-23H2,1,3-4H3/t26-,28+/m1/s1. The topological polar surface area (TPSA) is 32.7 Å². The van der Waals surface area contributed by atoms with Crippen LogP contribution in [0.25, 0.3) is 0 Å². The molecule has 1 fully saturated rings. The zero-order valence-corrected chi connectivity index (χ0v) is 20.9. The Morgan fingerprint density at radius 1 is 1.12 bits per heavy atom. The quantitative estimate of drug-likeness (QED) is 0.275. The van der Waals surface area contributed by atoms with Gasteiger partial charge in [0.2, 0.25) is 0 Å². The maximum absolute atomic E-state index is 10.5. The molecular formula is C30H43NO2. The molecule has 0 aliphatic carbocycles. The first-order chi connectivity index (χ1) is 15.9. The molecule has 3 rings (SSSR count). The summed E-state index contributed by atoms with van der Waals surface area (Å²) in [5.41, 5.74) is 3.78. The van der Waals surface area contributed by atoms with Crippen molar-refractivity contribution in [2.45, 2.75) is 89.9 Å². The zero-order chi connectivity index (χ0) is 23.7.